The lowest BCUT2D eigenvalue weighted by atomic mass is 9.77. The molecule has 4 heterocycles. The van der Waals surface area contributed by atoms with Crippen LogP contribution < -0.4 is 10.6 Å². The van der Waals surface area contributed by atoms with E-state index in [4.69, 9.17) is 24.0 Å². The first-order chi connectivity index (χ1) is 31.4. The maximum absolute atomic E-state index is 14.7. The number of nitrogens with zero attached hydrogens (tertiary/aromatic N) is 3. The molecule has 0 radical (unpaired) electrons. The topological polar surface area (TPSA) is 141 Å². The van der Waals surface area contributed by atoms with Crippen LogP contribution in [0.3, 0.4) is 0 Å². The number of hydrogen-bond donors (Lipinski definition) is 2. The standard InChI is InChI=1S/C49H43N5O7S3/c1-58-53-40(38-30-64-47(50-38)52-48(34-22-12-5-13-23-34,35-24-14-6-15-25-35)36-26-16-7-17-27-36)43(55)51-49(62-2)45(57)54-41(37(29-63-46(49)54)39-28-59-31-60-39)44(56)61-42(32-18-8-3-9-19-32)33-20-10-4-11-21-33/h3-27,30,39,42,46H,28-29,31H2,1-2H3,(H,50,52)(H,51,55)/b53-40-/t39?,46-,49?/m0/s1. The molecule has 15 heteroatoms. The largest absolute Gasteiger partial charge is 0.448 e. The van der Waals surface area contributed by atoms with Crippen molar-refractivity contribution in [1.82, 2.24) is 15.2 Å². The van der Waals surface area contributed by atoms with Crippen LogP contribution in [0.2, 0.25) is 0 Å². The number of ether oxygens (including phenoxy) is 3. The molecule has 3 aliphatic rings. The molecule has 324 valence electrons. The van der Waals surface area contributed by atoms with Crippen molar-refractivity contribution in [3.8, 4) is 0 Å². The summed E-state index contributed by atoms with van der Waals surface area (Å²) in [6.45, 7) is 0.274. The Balaban J connectivity index is 1.01. The normalized spacial score (nSPS) is 19.8. The van der Waals surface area contributed by atoms with Crippen molar-refractivity contribution in [3.63, 3.8) is 0 Å². The molecule has 2 N–H and O–H groups in total. The number of benzene rings is 5. The van der Waals surface area contributed by atoms with E-state index in [1.807, 2.05) is 115 Å². The zero-order valence-corrected chi connectivity index (χ0v) is 37.2. The number of amides is 2. The van der Waals surface area contributed by atoms with Crippen molar-refractivity contribution >= 4 is 63.5 Å². The van der Waals surface area contributed by atoms with Gasteiger partial charge in [0.15, 0.2) is 21.8 Å². The number of aromatic nitrogens is 1. The average Bonchev–Trinajstić information content (AvgIpc) is 4.07. The summed E-state index contributed by atoms with van der Waals surface area (Å²) in [4.78, 5) is 53.9. The van der Waals surface area contributed by atoms with E-state index in [1.54, 1.807) is 11.6 Å². The number of esters is 1. The number of thiazole rings is 1. The van der Waals surface area contributed by atoms with Gasteiger partial charge < -0.3 is 29.7 Å². The highest BCUT2D eigenvalue weighted by Gasteiger charge is 2.66. The van der Waals surface area contributed by atoms with Gasteiger partial charge in [-0.05, 0) is 34.1 Å². The molecule has 6 aromatic rings. The van der Waals surface area contributed by atoms with E-state index in [9.17, 15) is 14.4 Å². The molecule has 0 spiro atoms. The minimum absolute atomic E-state index is 0.0568. The Morgan fingerprint density at radius 1 is 0.859 bits per heavy atom. The number of thioether (sulfide) groups is 2. The quantitative estimate of drug-likeness (QED) is 0.0259. The van der Waals surface area contributed by atoms with Crippen molar-refractivity contribution in [3.05, 3.63) is 202 Å². The van der Waals surface area contributed by atoms with Crippen LogP contribution in [0.5, 0.6) is 0 Å². The maximum atomic E-state index is 14.7. The predicted octanol–water partition coefficient (Wildman–Crippen LogP) is 7.95. The summed E-state index contributed by atoms with van der Waals surface area (Å²) in [5.74, 6) is -1.55. The molecular formula is C49H43N5O7S3. The number of β-lactam (4-membered cyclic amide) rings is 1. The lowest BCUT2D eigenvalue weighted by Gasteiger charge is -2.56. The predicted molar refractivity (Wildman–Crippen MR) is 250 cm³/mol. The van der Waals surface area contributed by atoms with Crippen LogP contribution in [0.4, 0.5) is 5.13 Å². The molecule has 3 aliphatic heterocycles. The molecule has 2 saturated heterocycles. The fraction of sp³-hybridized carbons (Fsp3) is 0.204. The number of anilines is 1. The van der Waals surface area contributed by atoms with Gasteiger partial charge >= 0.3 is 5.97 Å². The van der Waals surface area contributed by atoms with Crippen LogP contribution >= 0.6 is 34.9 Å². The molecule has 0 saturated carbocycles. The number of oxime groups is 1. The van der Waals surface area contributed by atoms with Gasteiger partial charge in [0.1, 0.15) is 42.3 Å². The third-order valence-electron chi connectivity index (χ3n) is 11.4. The van der Waals surface area contributed by atoms with E-state index >= 15 is 0 Å². The fourth-order valence-corrected chi connectivity index (χ4v) is 11.7. The second-order valence-corrected chi connectivity index (χ2v) is 18.0. The maximum Gasteiger partial charge on any atom is 0.356 e. The van der Waals surface area contributed by atoms with Crippen molar-refractivity contribution < 1.29 is 33.4 Å². The third-order valence-corrected chi connectivity index (χ3v) is 14.8. The van der Waals surface area contributed by atoms with Crippen molar-refractivity contribution in [2.45, 2.75) is 28.0 Å². The number of fused-ring (bicyclic) bond motifs is 1. The highest BCUT2D eigenvalue weighted by Crippen LogP contribution is 2.52. The second kappa shape index (κ2) is 18.9. The molecule has 1 aromatic heterocycles. The number of rotatable bonds is 15. The summed E-state index contributed by atoms with van der Waals surface area (Å²) in [5, 5.41) is 12.4. The lowest BCUT2D eigenvalue weighted by molar-refractivity contribution is -0.156. The van der Waals surface area contributed by atoms with Crippen LogP contribution in [-0.4, -0.2) is 82.2 Å². The van der Waals surface area contributed by atoms with E-state index in [0.29, 0.717) is 16.5 Å². The van der Waals surface area contributed by atoms with Crippen molar-refractivity contribution in [2.75, 3.05) is 37.8 Å². The van der Waals surface area contributed by atoms with E-state index in [2.05, 4.69) is 52.2 Å². The summed E-state index contributed by atoms with van der Waals surface area (Å²) in [7, 11) is 1.35. The lowest BCUT2D eigenvalue weighted by Crippen LogP contribution is -2.78. The molecule has 12 nitrogen and oxygen atoms in total. The highest BCUT2D eigenvalue weighted by molar-refractivity contribution is 8.05. The number of nitrogens with one attached hydrogen (secondary N) is 2. The molecule has 64 heavy (non-hydrogen) atoms. The van der Waals surface area contributed by atoms with Gasteiger partial charge in [0.05, 0.1) is 6.61 Å². The number of carbonyl (C=O) groups is 3. The van der Waals surface area contributed by atoms with Gasteiger partial charge in [-0.2, -0.15) is 0 Å². The first kappa shape index (κ1) is 43.0. The summed E-state index contributed by atoms with van der Waals surface area (Å²) in [6.07, 6.45) is 0.422. The zero-order valence-electron chi connectivity index (χ0n) is 34.8. The van der Waals surface area contributed by atoms with Gasteiger partial charge in [-0.25, -0.2) is 9.78 Å². The fourth-order valence-electron chi connectivity index (χ4n) is 8.33. The Kier molecular flexibility index (Phi) is 12.7. The van der Waals surface area contributed by atoms with Crippen LogP contribution in [0.25, 0.3) is 0 Å². The van der Waals surface area contributed by atoms with Crippen LogP contribution in [0.15, 0.2) is 173 Å². The Hall–Kier alpha value is -6.23. The van der Waals surface area contributed by atoms with E-state index in [1.165, 1.54) is 46.9 Å². The minimum Gasteiger partial charge on any atom is -0.448 e. The van der Waals surface area contributed by atoms with Gasteiger partial charge in [0.25, 0.3) is 11.8 Å². The molecule has 2 unspecified atom stereocenters. The molecule has 0 bridgehead atoms. The minimum atomic E-state index is -1.49. The summed E-state index contributed by atoms with van der Waals surface area (Å²) in [6, 6.07) is 49.2. The highest BCUT2D eigenvalue weighted by atomic mass is 32.2. The Bertz CT molecular complexity index is 2530. The third kappa shape index (κ3) is 7.98. The summed E-state index contributed by atoms with van der Waals surface area (Å²) >= 11 is 3.90. The Labute approximate surface area is 383 Å². The molecule has 2 fully saturated rings. The smallest absolute Gasteiger partial charge is 0.356 e. The van der Waals surface area contributed by atoms with Crippen LogP contribution in [0, 0.1) is 0 Å². The molecule has 9 rings (SSSR count). The Morgan fingerprint density at radius 3 is 1.91 bits per heavy atom. The van der Waals surface area contributed by atoms with Crippen LogP contribution in [0.1, 0.15) is 39.6 Å². The van der Waals surface area contributed by atoms with Gasteiger partial charge in [-0.3, -0.25) is 14.5 Å². The summed E-state index contributed by atoms with van der Waals surface area (Å²) < 4.78 is 17.8. The van der Waals surface area contributed by atoms with E-state index in [0.717, 1.165) is 27.8 Å². The first-order valence-electron chi connectivity index (χ1n) is 20.5. The van der Waals surface area contributed by atoms with Gasteiger partial charge in [-0.1, -0.05) is 157 Å². The molecule has 2 amide bonds. The van der Waals surface area contributed by atoms with Crippen LogP contribution in [-0.2, 0) is 39.0 Å². The zero-order chi connectivity index (χ0) is 44.1. The number of hydrogen-bond acceptors (Lipinski definition) is 13. The monoisotopic (exact) mass is 909 g/mol. The van der Waals surface area contributed by atoms with Gasteiger partial charge in [0.2, 0.25) is 0 Å². The first-order valence-corrected chi connectivity index (χ1v) is 23.6. The SMILES string of the molecule is CO/N=C(\C(=O)NC1(SC)C(=O)N2C(C(=O)OC(c3ccccc3)c3ccccc3)=C(C3COCO3)CS[C@H]21)c1csc(NC(c2ccccc2)(c2ccccc2)c2ccccc2)n1. The van der Waals surface area contributed by atoms with E-state index in [-0.39, 0.29) is 30.5 Å². The van der Waals surface area contributed by atoms with Crippen molar-refractivity contribution in [2.24, 2.45) is 5.16 Å². The molecular weight excluding hydrogens is 867 g/mol. The van der Waals surface area contributed by atoms with Crippen molar-refractivity contribution in [1.29, 1.82) is 0 Å². The number of carbonyl (C=O) groups excluding carboxylic acids is 3. The summed E-state index contributed by atoms with van der Waals surface area (Å²) in [5.41, 5.74) is 4.39. The van der Waals surface area contributed by atoms with Gasteiger partial charge in [0, 0.05) is 16.7 Å². The average molecular weight is 910 g/mol. The molecule has 5 aromatic carbocycles. The van der Waals surface area contributed by atoms with Gasteiger partial charge in [-0.15, -0.1) is 34.9 Å². The molecule has 0 aliphatic carbocycles. The molecule has 3 atom stereocenters. The second-order valence-electron chi connectivity index (χ2n) is 15.0. The van der Waals surface area contributed by atoms with E-state index < -0.39 is 45.8 Å². The Morgan fingerprint density at radius 2 is 1.41 bits per heavy atom.